The van der Waals surface area contributed by atoms with Crippen molar-refractivity contribution in [2.24, 2.45) is 26.4 Å². The number of hydrogen-bond donors (Lipinski definition) is 5. The number of anilines is 3. The summed E-state index contributed by atoms with van der Waals surface area (Å²) in [6.07, 6.45) is 15.5. The lowest BCUT2D eigenvalue weighted by atomic mass is 9.80. The number of azo groups is 2. The Morgan fingerprint density at radius 2 is 1.34 bits per heavy atom. The van der Waals surface area contributed by atoms with Gasteiger partial charge in [0.05, 0.1) is 34.6 Å². The molecule has 0 fully saturated rings. The Bertz CT molecular complexity index is 3930. The summed E-state index contributed by atoms with van der Waals surface area (Å²) in [5, 5.41) is 43.2. The zero-order chi connectivity index (χ0) is 61.1. The minimum absolute atomic E-state index is 0. The van der Waals surface area contributed by atoms with Gasteiger partial charge < -0.3 is 60.0 Å². The van der Waals surface area contributed by atoms with Crippen molar-refractivity contribution < 1.29 is 52.8 Å². The maximum Gasteiger partial charge on any atom is 0.306 e. The summed E-state index contributed by atoms with van der Waals surface area (Å²) in [6.45, 7) is 18.5. The topological polar surface area (TPSA) is 184 Å². The number of fused-ring (bicyclic) bond motifs is 3. The Balaban J connectivity index is 0.00000226. The van der Waals surface area contributed by atoms with E-state index in [0.717, 1.165) is 88.8 Å². The fourth-order valence-corrected chi connectivity index (χ4v) is 12.7. The van der Waals surface area contributed by atoms with Gasteiger partial charge in [0.2, 0.25) is 11.6 Å². The fourth-order valence-electron chi connectivity index (χ4n) is 12.7. The van der Waals surface area contributed by atoms with Crippen molar-refractivity contribution in [3.05, 3.63) is 204 Å². The number of nitrogens with zero attached hydrogens (tertiary/aromatic N) is 6. The molecule has 11 rings (SSSR count). The lowest BCUT2D eigenvalue weighted by molar-refractivity contribution is -0.433. The average Bonchev–Trinajstić information content (AvgIpc) is 1.55. The van der Waals surface area contributed by atoms with Gasteiger partial charge in [0.15, 0.2) is 5.71 Å². The molecule has 0 aromatic heterocycles. The van der Waals surface area contributed by atoms with E-state index in [4.69, 9.17) is 24.9 Å². The molecule has 15 nitrogen and oxygen atoms in total. The van der Waals surface area contributed by atoms with E-state index >= 15 is 0 Å². The first-order chi connectivity index (χ1) is 42.2. The third kappa shape index (κ3) is 13.8. The molecule has 0 bridgehead atoms. The van der Waals surface area contributed by atoms with E-state index in [1.807, 2.05) is 104 Å². The van der Waals surface area contributed by atoms with Crippen molar-refractivity contribution in [1.29, 1.82) is 0 Å². The van der Waals surface area contributed by atoms with Gasteiger partial charge in [-0.3, -0.25) is 14.4 Å². The number of allylic oxidation sites excluding steroid dienone is 7. The summed E-state index contributed by atoms with van der Waals surface area (Å²) in [4.78, 5) is 37.2. The van der Waals surface area contributed by atoms with Crippen LogP contribution in [0.5, 0.6) is 0 Å². The van der Waals surface area contributed by atoms with Gasteiger partial charge in [-0.05, 0) is 126 Å². The van der Waals surface area contributed by atoms with Crippen LogP contribution in [-0.4, -0.2) is 72.2 Å². The number of likely N-dealkylation sites (N-methyl/N-ethyl adjacent to an activating group) is 1. The van der Waals surface area contributed by atoms with Crippen LogP contribution in [0.3, 0.4) is 0 Å². The molecule has 0 saturated heterocycles. The number of ether oxygens (including phenoxy) is 1. The van der Waals surface area contributed by atoms with Gasteiger partial charge in [0, 0.05) is 105 Å². The van der Waals surface area contributed by atoms with E-state index in [9.17, 15) is 9.59 Å². The second-order valence-electron chi connectivity index (χ2n) is 23.6. The number of hydrogen-bond acceptors (Lipinski definition) is 12. The van der Waals surface area contributed by atoms with Crippen LogP contribution in [0.15, 0.2) is 213 Å². The maximum absolute atomic E-state index is 13.2. The van der Waals surface area contributed by atoms with E-state index < -0.39 is 11.6 Å². The predicted octanol–water partition coefficient (Wildman–Crippen LogP) is 13.5. The van der Waals surface area contributed by atoms with E-state index in [-0.39, 0.29) is 72.6 Å². The zero-order valence-electron chi connectivity index (χ0n) is 51.3. The van der Waals surface area contributed by atoms with Crippen molar-refractivity contribution in [1.82, 2.24) is 10.6 Å². The van der Waals surface area contributed by atoms with Crippen LogP contribution in [0.25, 0.3) is 21.5 Å². The lowest BCUT2D eigenvalue weighted by Crippen LogP contribution is -3.00. The van der Waals surface area contributed by atoms with Gasteiger partial charge in [0.1, 0.15) is 18.8 Å². The minimum Gasteiger partial charge on any atom is -1.00 e. The summed E-state index contributed by atoms with van der Waals surface area (Å²) in [7, 11) is 0. The molecule has 0 spiro atoms. The summed E-state index contributed by atoms with van der Waals surface area (Å²) in [5.41, 5.74) is 14.2. The van der Waals surface area contributed by atoms with Gasteiger partial charge in [-0.25, -0.2) is 0 Å². The number of esters is 1. The van der Waals surface area contributed by atoms with Gasteiger partial charge in [-0.1, -0.05) is 123 Å². The Kier molecular flexibility index (Phi) is 20.5. The number of carboxylic acid groups (broad SMARTS) is 1. The first-order valence-corrected chi connectivity index (χ1v) is 30.4. The smallest absolute Gasteiger partial charge is 0.306 e. The van der Waals surface area contributed by atoms with Crippen molar-refractivity contribution in [3.8, 4) is 0 Å². The standard InChI is InChI=1S/C71H76N10O3.CH2O2.HI/c1-8-80-61-34-17-15-31-54(61)69(3,4)63(80)36-20-25-48-23-19-24-49(37-42-64-70(5,6)55-32-16-18-35-62(55)81(64)9-2)68(48)73-46-22-45-72-65(82)43-44-66(83)84-47-71(7)74-59-33-21-30-53-58(40-41-60(75-71)67(53)59)79-78-57-39-38-56(51-28-13-14-29-52(51)57)77-76-50-26-11-10-12-27-50;2-1-3;/h10-18,20-21,25-42,49,73H,8-9,19,22-24,43-47H2,1-7H3,(H2-,72,74,75,76,78,82);1H,(H,2,3);1H/b25-20+,42-37+,63-36-;;. The van der Waals surface area contributed by atoms with Crippen LogP contribution < -0.4 is 50.1 Å². The molecule has 1 aliphatic carbocycles. The van der Waals surface area contributed by atoms with Gasteiger partial charge >= 0.3 is 5.97 Å². The third-order valence-corrected chi connectivity index (χ3v) is 17.0. The number of halogens is 1. The molecule has 88 heavy (non-hydrogen) atoms. The van der Waals surface area contributed by atoms with E-state index in [1.54, 1.807) is 0 Å². The van der Waals surface area contributed by atoms with Crippen molar-refractivity contribution in [3.63, 3.8) is 0 Å². The minimum atomic E-state index is -0.813. The Morgan fingerprint density at radius 1 is 0.716 bits per heavy atom. The molecule has 16 heteroatoms. The number of carbonyl (C=O) groups excluding carboxylic acids is 2. The van der Waals surface area contributed by atoms with Crippen molar-refractivity contribution in [2.75, 3.05) is 48.3 Å². The quantitative estimate of drug-likeness (QED) is 0.0124. The molecule has 0 radical (unpaired) electrons. The van der Waals surface area contributed by atoms with Gasteiger partial charge in [-0.15, -0.1) is 15.3 Å². The van der Waals surface area contributed by atoms with Crippen LogP contribution >= 0.6 is 0 Å². The second-order valence-corrected chi connectivity index (χ2v) is 23.6. The maximum atomic E-state index is 13.2. The first-order valence-electron chi connectivity index (χ1n) is 30.4. The number of rotatable bonds is 20. The average molecular weight is 1290 g/mol. The lowest BCUT2D eigenvalue weighted by Gasteiger charge is -2.38. The van der Waals surface area contributed by atoms with Crippen molar-refractivity contribution in [2.45, 2.75) is 103 Å². The summed E-state index contributed by atoms with van der Waals surface area (Å²) < 4.78 is 8.29. The fraction of sp³-hybridized carbons (Fsp3) is 0.306. The molecule has 1 amide bonds. The highest BCUT2D eigenvalue weighted by atomic mass is 127. The Hall–Kier alpha value is -8.77. The summed E-state index contributed by atoms with van der Waals surface area (Å²) in [5.74, 6) is -0.412. The summed E-state index contributed by atoms with van der Waals surface area (Å²) >= 11 is 0. The van der Waals surface area contributed by atoms with Crippen LogP contribution in [0.4, 0.5) is 45.5 Å². The molecule has 5 N–H and O–H groups in total. The molecule has 0 saturated carbocycles. The second kappa shape index (κ2) is 28.4. The highest BCUT2D eigenvalue weighted by Gasteiger charge is 2.44. The normalized spacial score (nSPS) is 18.5. The number of carbonyl (C=O) groups is 3. The van der Waals surface area contributed by atoms with Gasteiger partial charge in [0.25, 0.3) is 6.47 Å². The molecule has 4 aliphatic rings. The number of nitrogens with one attached hydrogen (secondary N) is 4. The van der Waals surface area contributed by atoms with E-state index in [1.165, 1.54) is 45.2 Å². The number of amides is 1. The zero-order valence-corrected chi connectivity index (χ0v) is 53.5. The van der Waals surface area contributed by atoms with Crippen LogP contribution in [-0.2, 0) is 30.0 Å². The highest BCUT2D eigenvalue weighted by Crippen LogP contribution is 2.48. The molecule has 2 atom stereocenters. The molecule has 454 valence electrons. The van der Waals surface area contributed by atoms with Gasteiger partial charge in [-0.2, -0.15) is 9.69 Å². The monoisotopic (exact) mass is 1290 g/mol. The van der Waals surface area contributed by atoms with Crippen LogP contribution in [0.2, 0.25) is 0 Å². The molecule has 7 aromatic carbocycles. The van der Waals surface area contributed by atoms with Crippen LogP contribution in [0.1, 0.15) is 98.1 Å². The largest absolute Gasteiger partial charge is 1.00 e. The van der Waals surface area contributed by atoms with E-state index in [0.29, 0.717) is 18.8 Å². The molecule has 3 heterocycles. The highest BCUT2D eigenvalue weighted by molar-refractivity contribution is 6.10. The number of para-hydroxylation sites is 2. The molecule has 2 unspecified atom stereocenters. The third-order valence-electron chi connectivity index (χ3n) is 17.0. The van der Waals surface area contributed by atoms with E-state index in [2.05, 4.69) is 161 Å². The number of benzene rings is 7. The Labute approximate surface area is 533 Å². The first kappa shape index (κ1) is 63.7. The SMILES string of the molecule is CCN1/C(=C\C=C\C2=C(NCCCNC(=O)CCC(=O)OCC3(C)Nc4cccc5c(N=Nc6ccc(N=Nc7ccccc7)c7ccccc67)ccc(c45)N3)C(/C=C/C3=[N+](CC)c4ccccc4C3(C)C)CCC2)C(C)(C)c2ccccc21.O=CO.[I-]. The van der Waals surface area contributed by atoms with Crippen LogP contribution in [0, 0.1) is 5.92 Å². The Morgan fingerprint density at radius 3 is 2.06 bits per heavy atom. The molecule has 7 aromatic rings. The molecule has 3 aliphatic heterocycles. The van der Waals surface area contributed by atoms with Crippen molar-refractivity contribution >= 4 is 91.1 Å². The summed E-state index contributed by atoms with van der Waals surface area (Å²) in [6, 6.07) is 49.0. The predicted molar refractivity (Wildman–Crippen MR) is 351 cm³/mol. The molecular weight excluding hydrogens is 1210 g/mol. The molecular formula is C72H79IN10O5.